The Bertz CT molecular complexity index is 390. The summed E-state index contributed by atoms with van der Waals surface area (Å²) in [5, 5.41) is 6.95. The molecule has 1 heterocycles. The van der Waals surface area contributed by atoms with Crippen LogP contribution in [0.5, 0.6) is 0 Å². The summed E-state index contributed by atoms with van der Waals surface area (Å²) in [6.45, 7) is -0.422. The van der Waals surface area contributed by atoms with E-state index in [0.29, 0.717) is 0 Å². The average molecular weight is 248 g/mol. The molecular weight excluding hydrogens is 237 g/mol. The predicted octanol–water partition coefficient (Wildman–Crippen LogP) is 1.08. The molecule has 1 rings (SSSR count). The number of carbonyl (C=O) groups is 1. The van der Waals surface area contributed by atoms with Crippen molar-refractivity contribution in [3.05, 3.63) is 17.8 Å². The zero-order valence-electron chi connectivity index (χ0n) is 9.03. The number of amides is 1. The van der Waals surface area contributed by atoms with Crippen molar-refractivity contribution < 1.29 is 18.0 Å². The lowest BCUT2D eigenvalue weighted by Gasteiger charge is -2.17. The summed E-state index contributed by atoms with van der Waals surface area (Å²) in [6.07, 6.45) is -5.35. The minimum atomic E-state index is -4.29. The van der Waals surface area contributed by atoms with Gasteiger partial charge >= 0.3 is 6.18 Å². The second kappa shape index (κ2) is 4.98. The Labute approximate surface area is 95.4 Å². The molecule has 0 fully saturated rings. The highest BCUT2D eigenvalue weighted by atomic mass is 19.4. The molecule has 0 radical (unpaired) electrons. The molecule has 5 nitrogen and oxygen atoms in total. The fourth-order valence-corrected chi connectivity index (χ4v) is 1.05. The molecule has 1 aromatic rings. The van der Waals surface area contributed by atoms with Crippen molar-refractivity contribution in [2.45, 2.75) is 12.6 Å². The molecule has 0 atom stereocenters. The van der Waals surface area contributed by atoms with Gasteiger partial charge in [-0.2, -0.15) is 13.2 Å². The minimum Gasteiger partial charge on any atom is -0.382 e. The van der Waals surface area contributed by atoms with E-state index >= 15 is 0 Å². The fourth-order valence-electron chi connectivity index (χ4n) is 1.05. The quantitative estimate of drug-likeness (QED) is 0.868. The van der Waals surface area contributed by atoms with E-state index in [9.17, 15) is 18.0 Å². The van der Waals surface area contributed by atoms with Crippen LogP contribution >= 0.6 is 0 Å². The first kappa shape index (κ1) is 13.2. The van der Waals surface area contributed by atoms with Crippen molar-refractivity contribution in [3.8, 4) is 0 Å². The van der Waals surface area contributed by atoms with Crippen molar-refractivity contribution in [3.63, 3.8) is 0 Å². The van der Waals surface area contributed by atoms with Gasteiger partial charge in [0.15, 0.2) is 5.69 Å². The lowest BCUT2D eigenvalue weighted by molar-refractivity contribution is -0.136. The van der Waals surface area contributed by atoms with Crippen LogP contribution in [-0.2, 0) is 0 Å². The van der Waals surface area contributed by atoms with Crippen LogP contribution in [0.2, 0.25) is 0 Å². The van der Waals surface area contributed by atoms with Gasteiger partial charge in [-0.05, 0) is 12.1 Å². The van der Waals surface area contributed by atoms with Gasteiger partial charge in [-0.3, -0.25) is 4.79 Å². The van der Waals surface area contributed by atoms with Crippen LogP contribution in [0.25, 0.3) is 0 Å². The number of anilines is 1. The maximum atomic E-state index is 12.0. The highest BCUT2D eigenvalue weighted by Crippen LogP contribution is 2.19. The molecule has 1 amide bonds. The summed E-state index contributed by atoms with van der Waals surface area (Å²) < 4.78 is 35.9. The smallest absolute Gasteiger partial charge is 0.382 e. The van der Waals surface area contributed by atoms with E-state index in [0.717, 1.165) is 4.90 Å². The number of alkyl halides is 3. The molecule has 0 spiro atoms. The number of aromatic nitrogens is 2. The third-order valence-electron chi connectivity index (χ3n) is 1.98. The van der Waals surface area contributed by atoms with Crippen molar-refractivity contribution >= 4 is 11.7 Å². The molecule has 0 aliphatic carbocycles. The summed E-state index contributed by atoms with van der Waals surface area (Å²) >= 11 is 0. The Kier molecular flexibility index (Phi) is 3.87. The first-order valence-corrected chi connectivity index (χ1v) is 4.71. The van der Waals surface area contributed by atoms with Crippen LogP contribution in [0, 0.1) is 0 Å². The zero-order chi connectivity index (χ0) is 13.1. The normalized spacial score (nSPS) is 11.3. The van der Waals surface area contributed by atoms with Gasteiger partial charge in [-0.25, -0.2) is 0 Å². The number of rotatable bonds is 3. The molecule has 0 aliphatic rings. The van der Waals surface area contributed by atoms with Crippen LogP contribution < -0.4 is 5.73 Å². The van der Waals surface area contributed by atoms with Gasteiger partial charge in [0.05, 0.1) is 6.42 Å². The molecule has 94 valence electrons. The van der Waals surface area contributed by atoms with Gasteiger partial charge in [0, 0.05) is 13.6 Å². The second-order valence-electron chi connectivity index (χ2n) is 3.44. The van der Waals surface area contributed by atoms with Gasteiger partial charge < -0.3 is 10.6 Å². The summed E-state index contributed by atoms with van der Waals surface area (Å²) in [5.41, 5.74) is 5.23. The number of nitrogen functional groups attached to an aromatic ring is 1. The minimum absolute atomic E-state index is 0.0381. The van der Waals surface area contributed by atoms with Crippen LogP contribution in [0.15, 0.2) is 12.1 Å². The van der Waals surface area contributed by atoms with E-state index < -0.39 is 25.0 Å². The highest BCUT2D eigenvalue weighted by Gasteiger charge is 2.28. The van der Waals surface area contributed by atoms with Gasteiger partial charge in [0.25, 0.3) is 5.91 Å². The van der Waals surface area contributed by atoms with Crippen molar-refractivity contribution in [1.82, 2.24) is 15.1 Å². The summed E-state index contributed by atoms with van der Waals surface area (Å²) in [4.78, 5) is 12.5. The monoisotopic (exact) mass is 248 g/mol. The number of nitrogens with zero attached hydrogens (tertiary/aromatic N) is 3. The number of halogens is 3. The molecule has 0 saturated heterocycles. The molecule has 0 bridgehead atoms. The van der Waals surface area contributed by atoms with Crippen LogP contribution in [-0.4, -0.2) is 40.8 Å². The number of hydrogen-bond acceptors (Lipinski definition) is 4. The number of carbonyl (C=O) groups excluding carboxylic acids is 1. The Morgan fingerprint density at radius 1 is 1.41 bits per heavy atom. The van der Waals surface area contributed by atoms with Crippen LogP contribution in [0.4, 0.5) is 19.0 Å². The van der Waals surface area contributed by atoms with E-state index in [1.807, 2.05) is 0 Å². The molecule has 0 aliphatic heterocycles. The van der Waals surface area contributed by atoms with Crippen LogP contribution in [0.1, 0.15) is 16.9 Å². The summed E-state index contributed by atoms with van der Waals surface area (Å²) in [6, 6.07) is 2.67. The van der Waals surface area contributed by atoms with E-state index in [4.69, 9.17) is 5.73 Å². The maximum Gasteiger partial charge on any atom is 0.390 e. The third kappa shape index (κ3) is 4.25. The summed E-state index contributed by atoms with van der Waals surface area (Å²) in [5.74, 6) is -0.485. The topological polar surface area (TPSA) is 72.1 Å². The number of hydrogen-bond donors (Lipinski definition) is 1. The van der Waals surface area contributed by atoms with E-state index in [1.165, 1.54) is 19.2 Å². The standard InChI is InChI=1S/C9H11F3N4O/c1-16(5-4-9(10,11)12)8(17)6-2-3-7(13)15-14-6/h2-3H,4-5H2,1H3,(H2,13,15). The van der Waals surface area contributed by atoms with Crippen molar-refractivity contribution in [2.24, 2.45) is 0 Å². The molecule has 0 saturated carbocycles. The Morgan fingerprint density at radius 2 is 2.06 bits per heavy atom. The van der Waals surface area contributed by atoms with E-state index in [2.05, 4.69) is 10.2 Å². The highest BCUT2D eigenvalue weighted by molar-refractivity contribution is 5.92. The summed E-state index contributed by atoms with van der Waals surface area (Å²) in [7, 11) is 1.27. The first-order chi connectivity index (χ1) is 7.79. The fraction of sp³-hybridized carbons (Fsp3) is 0.444. The first-order valence-electron chi connectivity index (χ1n) is 4.71. The van der Waals surface area contributed by atoms with Gasteiger partial charge in [0.1, 0.15) is 5.82 Å². The third-order valence-corrected chi connectivity index (χ3v) is 1.98. The molecular formula is C9H11F3N4O. The van der Waals surface area contributed by atoms with E-state index in [-0.39, 0.29) is 11.5 Å². The zero-order valence-corrected chi connectivity index (χ0v) is 9.03. The van der Waals surface area contributed by atoms with Crippen molar-refractivity contribution in [2.75, 3.05) is 19.3 Å². The van der Waals surface area contributed by atoms with E-state index in [1.54, 1.807) is 0 Å². The van der Waals surface area contributed by atoms with Crippen molar-refractivity contribution in [1.29, 1.82) is 0 Å². The molecule has 1 aromatic heterocycles. The Hall–Kier alpha value is -1.86. The largest absolute Gasteiger partial charge is 0.390 e. The van der Waals surface area contributed by atoms with Gasteiger partial charge in [0.2, 0.25) is 0 Å². The Morgan fingerprint density at radius 3 is 2.53 bits per heavy atom. The molecule has 2 N–H and O–H groups in total. The number of nitrogens with two attached hydrogens (primary N) is 1. The van der Waals surface area contributed by atoms with Gasteiger partial charge in [-0.15, -0.1) is 10.2 Å². The average Bonchev–Trinajstić information content (AvgIpc) is 2.25. The molecule has 0 aromatic carbocycles. The maximum absolute atomic E-state index is 12.0. The van der Waals surface area contributed by atoms with Gasteiger partial charge in [-0.1, -0.05) is 0 Å². The SMILES string of the molecule is CN(CCC(F)(F)F)C(=O)c1ccc(N)nn1. The molecule has 8 heteroatoms. The molecule has 17 heavy (non-hydrogen) atoms. The lowest BCUT2D eigenvalue weighted by Crippen LogP contribution is -2.31. The van der Waals surface area contributed by atoms with Crippen LogP contribution in [0.3, 0.4) is 0 Å². The second-order valence-corrected chi connectivity index (χ2v) is 3.44. The Balaban J connectivity index is 2.61. The molecule has 0 unspecified atom stereocenters. The predicted molar refractivity (Wildman–Crippen MR) is 54.1 cm³/mol. The lowest BCUT2D eigenvalue weighted by atomic mass is 10.3.